The molecule has 0 heterocycles. The molecule has 0 fully saturated rings. The third-order valence-corrected chi connectivity index (χ3v) is 1.98. The highest BCUT2D eigenvalue weighted by molar-refractivity contribution is 5.96. The second-order valence-electron chi connectivity index (χ2n) is 3.15. The molecule has 1 rings (SSSR count). The van der Waals surface area contributed by atoms with E-state index in [-0.39, 0.29) is 0 Å². The largest absolute Gasteiger partial charge is 0.480 e. The SMILES string of the molecule is O=C(N[C@H](CO)C(=O)O)c1cccc(F)c1F. The van der Waals surface area contributed by atoms with Crippen LogP contribution in [-0.2, 0) is 4.79 Å². The molecule has 1 atom stereocenters. The van der Waals surface area contributed by atoms with E-state index >= 15 is 0 Å². The molecule has 0 spiro atoms. The smallest absolute Gasteiger partial charge is 0.328 e. The molecule has 7 heteroatoms. The second-order valence-corrected chi connectivity index (χ2v) is 3.15. The Labute approximate surface area is 94.7 Å². The Bertz CT molecular complexity index is 450. The van der Waals surface area contributed by atoms with Gasteiger partial charge in [-0.15, -0.1) is 0 Å². The number of rotatable bonds is 4. The zero-order chi connectivity index (χ0) is 13.0. The van der Waals surface area contributed by atoms with Crippen LogP contribution in [0.15, 0.2) is 18.2 Å². The van der Waals surface area contributed by atoms with Crippen molar-refractivity contribution in [1.82, 2.24) is 5.32 Å². The zero-order valence-electron chi connectivity index (χ0n) is 8.48. The maximum atomic E-state index is 13.2. The van der Waals surface area contributed by atoms with Crippen molar-refractivity contribution in [2.24, 2.45) is 0 Å². The number of aliphatic carboxylic acids is 1. The van der Waals surface area contributed by atoms with E-state index in [1.54, 1.807) is 0 Å². The summed E-state index contributed by atoms with van der Waals surface area (Å²) in [6, 6.07) is 1.38. The third kappa shape index (κ3) is 2.97. The molecule has 0 saturated heterocycles. The van der Waals surface area contributed by atoms with Crippen LogP contribution in [0.2, 0.25) is 0 Å². The maximum absolute atomic E-state index is 13.2. The molecule has 5 nitrogen and oxygen atoms in total. The number of aliphatic hydroxyl groups excluding tert-OH is 1. The summed E-state index contributed by atoms with van der Waals surface area (Å²) in [4.78, 5) is 21.9. The van der Waals surface area contributed by atoms with Crippen molar-refractivity contribution in [3.05, 3.63) is 35.4 Å². The predicted octanol–water partition coefficient (Wildman–Crippen LogP) is 0.140. The summed E-state index contributed by atoms with van der Waals surface area (Å²) in [5.41, 5.74) is -0.621. The number of halogens is 2. The molecule has 1 aromatic carbocycles. The van der Waals surface area contributed by atoms with Gasteiger partial charge in [0.1, 0.15) is 0 Å². The van der Waals surface area contributed by atoms with Crippen LogP contribution >= 0.6 is 0 Å². The van der Waals surface area contributed by atoms with E-state index in [1.165, 1.54) is 0 Å². The van der Waals surface area contributed by atoms with Crippen LogP contribution in [0.5, 0.6) is 0 Å². The molecule has 0 aromatic heterocycles. The molecule has 0 aliphatic heterocycles. The minimum Gasteiger partial charge on any atom is -0.480 e. The van der Waals surface area contributed by atoms with E-state index in [4.69, 9.17) is 10.2 Å². The quantitative estimate of drug-likeness (QED) is 0.704. The molecule has 1 aromatic rings. The van der Waals surface area contributed by atoms with Gasteiger partial charge in [-0.1, -0.05) is 6.07 Å². The Hall–Kier alpha value is -2.02. The standard InChI is InChI=1S/C10H9F2NO4/c11-6-3-1-2-5(8(6)12)9(15)13-7(4-14)10(16)17/h1-3,7,14H,4H2,(H,13,15)(H,16,17)/t7-/m1/s1. The highest BCUT2D eigenvalue weighted by atomic mass is 19.2. The molecular formula is C10H9F2NO4. The van der Waals surface area contributed by atoms with E-state index in [0.717, 1.165) is 18.2 Å². The maximum Gasteiger partial charge on any atom is 0.328 e. The average Bonchev–Trinajstić information content (AvgIpc) is 2.28. The Kier molecular flexibility index (Phi) is 4.11. The number of carbonyl (C=O) groups is 2. The van der Waals surface area contributed by atoms with Crippen molar-refractivity contribution in [2.75, 3.05) is 6.61 Å². The fourth-order valence-electron chi connectivity index (χ4n) is 1.10. The monoisotopic (exact) mass is 245 g/mol. The zero-order valence-corrected chi connectivity index (χ0v) is 8.48. The summed E-state index contributed by atoms with van der Waals surface area (Å²) < 4.78 is 26.0. The first-order valence-corrected chi connectivity index (χ1v) is 4.56. The Balaban J connectivity index is 2.90. The van der Waals surface area contributed by atoms with Crippen LogP contribution in [0.25, 0.3) is 0 Å². The van der Waals surface area contributed by atoms with Crippen molar-refractivity contribution < 1.29 is 28.6 Å². The number of carboxylic acids is 1. The van der Waals surface area contributed by atoms with Crippen LogP contribution in [0.3, 0.4) is 0 Å². The van der Waals surface area contributed by atoms with E-state index in [9.17, 15) is 18.4 Å². The molecule has 1 amide bonds. The Morgan fingerprint density at radius 1 is 1.35 bits per heavy atom. The molecule has 0 aliphatic carbocycles. The number of amides is 1. The van der Waals surface area contributed by atoms with Crippen LogP contribution in [0.1, 0.15) is 10.4 Å². The summed E-state index contributed by atoms with van der Waals surface area (Å²) in [5.74, 6) is -5.17. The highest BCUT2D eigenvalue weighted by Crippen LogP contribution is 2.11. The Morgan fingerprint density at radius 3 is 2.53 bits per heavy atom. The average molecular weight is 245 g/mol. The van der Waals surface area contributed by atoms with Gasteiger partial charge in [0.05, 0.1) is 12.2 Å². The van der Waals surface area contributed by atoms with Crippen LogP contribution in [0.4, 0.5) is 8.78 Å². The van der Waals surface area contributed by atoms with Crippen LogP contribution < -0.4 is 5.32 Å². The van der Waals surface area contributed by atoms with E-state index in [2.05, 4.69) is 0 Å². The van der Waals surface area contributed by atoms with Gasteiger partial charge >= 0.3 is 5.97 Å². The topological polar surface area (TPSA) is 86.6 Å². The van der Waals surface area contributed by atoms with E-state index in [0.29, 0.717) is 0 Å². The van der Waals surface area contributed by atoms with Gasteiger partial charge < -0.3 is 15.5 Å². The first-order valence-electron chi connectivity index (χ1n) is 4.56. The number of nitrogens with one attached hydrogen (secondary N) is 1. The number of carbonyl (C=O) groups excluding carboxylic acids is 1. The van der Waals surface area contributed by atoms with Gasteiger partial charge in [-0.25, -0.2) is 13.6 Å². The lowest BCUT2D eigenvalue weighted by Gasteiger charge is -2.11. The molecule has 0 unspecified atom stereocenters. The van der Waals surface area contributed by atoms with Crippen molar-refractivity contribution in [2.45, 2.75) is 6.04 Å². The van der Waals surface area contributed by atoms with Gasteiger partial charge in [0.15, 0.2) is 17.7 Å². The molecule has 92 valence electrons. The summed E-state index contributed by atoms with van der Waals surface area (Å²) >= 11 is 0. The van der Waals surface area contributed by atoms with E-state index in [1.807, 2.05) is 5.32 Å². The summed E-state index contributed by atoms with van der Waals surface area (Å²) in [6.45, 7) is -0.849. The summed E-state index contributed by atoms with van der Waals surface area (Å²) in [7, 11) is 0. The number of carboxylic acid groups (broad SMARTS) is 1. The molecule has 0 radical (unpaired) electrons. The van der Waals surface area contributed by atoms with Crippen molar-refractivity contribution in [3.63, 3.8) is 0 Å². The fourth-order valence-corrected chi connectivity index (χ4v) is 1.10. The molecule has 0 saturated carbocycles. The Morgan fingerprint density at radius 2 is 2.00 bits per heavy atom. The van der Waals surface area contributed by atoms with Gasteiger partial charge in [0, 0.05) is 0 Å². The minimum atomic E-state index is -1.56. The number of hydrogen-bond acceptors (Lipinski definition) is 3. The van der Waals surface area contributed by atoms with E-state index < -0.39 is 41.7 Å². The lowest BCUT2D eigenvalue weighted by atomic mass is 10.1. The first-order chi connectivity index (χ1) is 7.97. The van der Waals surface area contributed by atoms with Gasteiger partial charge in [-0.2, -0.15) is 0 Å². The van der Waals surface area contributed by atoms with Crippen molar-refractivity contribution >= 4 is 11.9 Å². The summed E-state index contributed by atoms with van der Waals surface area (Å²) in [5, 5.41) is 19.1. The van der Waals surface area contributed by atoms with Crippen LogP contribution in [0, 0.1) is 11.6 Å². The lowest BCUT2D eigenvalue weighted by Crippen LogP contribution is -2.43. The van der Waals surface area contributed by atoms with Gasteiger partial charge in [-0.3, -0.25) is 4.79 Å². The van der Waals surface area contributed by atoms with Crippen molar-refractivity contribution in [3.8, 4) is 0 Å². The van der Waals surface area contributed by atoms with Gasteiger partial charge in [0.25, 0.3) is 5.91 Å². The predicted molar refractivity (Wildman–Crippen MR) is 52.3 cm³/mol. The third-order valence-electron chi connectivity index (χ3n) is 1.98. The lowest BCUT2D eigenvalue weighted by molar-refractivity contribution is -0.140. The fraction of sp³-hybridized carbons (Fsp3) is 0.200. The molecular weight excluding hydrogens is 236 g/mol. The normalized spacial score (nSPS) is 11.9. The number of hydrogen-bond donors (Lipinski definition) is 3. The molecule has 0 bridgehead atoms. The summed E-state index contributed by atoms with van der Waals surface area (Å²) in [6.07, 6.45) is 0. The minimum absolute atomic E-state index is 0.621. The molecule has 0 aliphatic rings. The number of aliphatic hydroxyl groups is 1. The van der Waals surface area contributed by atoms with Crippen molar-refractivity contribution in [1.29, 1.82) is 0 Å². The molecule has 17 heavy (non-hydrogen) atoms. The second kappa shape index (κ2) is 5.35. The number of benzene rings is 1. The van der Waals surface area contributed by atoms with Gasteiger partial charge in [0.2, 0.25) is 0 Å². The highest BCUT2D eigenvalue weighted by Gasteiger charge is 2.22. The first kappa shape index (κ1) is 13.0. The van der Waals surface area contributed by atoms with Crippen LogP contribution in [-0.4, -0.2) is 34.7 Å². The molecule has 3 N–H and O–H groups in total. The van der Waals surface area contributed by atoms with Gasteiger partial charge in [-0.05, 0) is 12.1 Å².